The van der Waals surface area contributed by atoms with E-state index in [-0.39, 0.29) is 0 Å². The largest absolute Gasteiger partial charge is 0.345 e. The molecule has 1 saturated heterocycles. The topological polar surface area (TPSA) is 62.9 Å². The second kappa shape index (κ2) is 4.33. The Kier molecular flexibility index (Phi) is 3.38. The van der Waals surface area contributed by atoms with Crippen molar-refractivity contribution >= 4 is 5.96 Å². The molecule has 1 aliphatic heterocycles. The molecule has 0 spiro atoms. The van der Waals surface area contributed by atoms with Crippen LogP contribution in [0.2, 0.25) is 0 Å². The fraction of sp³-hybridized carbons (Fsp3) is 0.833. The maximum atomic E-state index is 11.7. The Morgan fingerprint density at radius 3 is 2.69 bits per heavy atom. The first kappa shape index (κ1) is 10.1. The first-order valence-corrected chi connectivity index (χ1v) is 3.79. The summed E-state index contributed by atoms with van der Waals surface area (Å²) in [5.41, 5.74) is 2.36. The molecular weight excluding hydrogens is 182 g/mol. The van der Waals surface area contributed by atoms with Crippen LogP contribution in [0.4, 0.5) is 8.78 Å². The molecule has 0 aromatic carbocycles. The lowest BCUT2D eigenvalue weighted by atomic mass is 10.2. The predicted molar refractivity (Wildman–Crippen MR) is 43.1 cm³/mol. The van der Waals surface area contributed by atoms with Crippen molar-refractivity contribution in [3.05, 3.63) is 0 Å². The molecule has 1 heterocycles. The number of aliphatic imine (C=N–C) groups is 1. The maximum Gasteiger partial charge on any atom is 0.345 e. The predicted octanol–water partition coefficient (Wildman–Crippen LogP) is -0.641. The van der Waals surface area contributed by atoms with Crippen molar-refractivity contribution in [2.45, 2.75) is 12.7 Å². The summed E-state index contributed by atoms with van der Waals surface area (Å²) in [5, 5.41) is 0. The highest BCUT2D eigenvalue weighted by Gasteiger charge is 2.31. The van der Waals surface area contributed by atoms with E-state index >= 15 is 0 Å². The number of nitrogens with zero attached hydrogens (tertiary/aromatic N) is 2. The van der Waals surface area contributed by atoms with E-state index in [4.69, 9.17) is 5.84 Å². The van der Waals surface area contributed by atoms with Crippen LogP contribution in [-0.4, -0.2) is 43.7 Å². The van der Waals surface area contributed by atoms with Gasteiger partial charge in [0.15, 0.2) is 0 Å². The molecule has 3 N–H and O–H groups in total. The van der Waals surface area contributed by atoms with E-state index in [0.717, 1.165) is 0 Å². The minimum Gasteiger partial charge on any atom is -0.337 e. The number of alkyl halides is 2. The quantitative estimate of drug-likeness (QED) is 0.265. The third-order valence-corrected chi connectivity index (χ3v) is 1.78. The van der Waals surface area contributed by atoms with Gasteiger partial charge in [0.2, 0.25) is 5.96 Å². The van der Waals surface area contributed by atoms with Crippen molar-refractivity contribution in [2.24, 2.45) is 10.8 Å². The van der Waals surface area contributed by atoms with Gasteiger partial charge in [-0.15, -0.1) is 0 Å². The Morgan fingerprint density at radius 2 is 2.31 bits per heavy atom. The van der Waals surface area contributed by atoms with Crippen LogP contribution in [0.3, 0.4) is 0 Å². The molecule has 1 fully saturated rings. The third kappa shape index (κ3) is 2.49. The summed E-state index contributed by atoms with van der Waals surface area (Å²) < 4.78 is 27.6. The number of hydrogen-bond acceptors (Lipinski definition) is 3. The van der Waals surface area contributed by atoms with Crippen LogP contribution < -0.4 is 11.3 Å². The van der Waals surface area contributed by atoms with Crippen molar-refractivity contribution in [2.75, 3.05) is 20.1 Å². The number of rotatable bonds is 2. The molecule has 76 valence electrons. The molecule has 0 aliphatic carbocycles. The number of guanidine groups is 1. The summed E-state index contributed by atoms with van der Waals surface area (Å²) in [6.45, 7) is -1.93. The molecular formula is C6H12F2N4O. The standard InChI is InChI=1S/C6H12F2N4O/c1-10-6(11-9)12-2-4(3-12)13-5(7)8/h4-5H,2-3,9H2,1H3,(H,10,11). The monoisotopic (exact) mass is 194 g/mol. The third-order valence-electron chi connectivity index (χ3n) is 1.78. The second-order valence-electron chi connectivity index (χ2n) is 2.62. The molecule has 0 aromatic rings. The lowest BCUT2D eigenvalue weighted by Gasteiger charge is -2.39. The van der Waals surface area contributed by atoms with Crippen LogP contribution in [0.25, 0.3) is 0 Å². The molecule has 1 rings (SSSR count). The van der Waals surface area contributed by atoms with E-state index in [1.165, 1.54) is 0 Å². The van der Waals surface area contributed by atoms with Gasteiger partial charge in [0.05, 0.1) is 6.10 Å². The highest BCUT2D eigenvalue weighted by atomic mass is 19.3. The molecule has 0 aromatic heterocycles. The Balaban J connectivity index is 2.25. The van der Waals surface area contributed by atoms with Crippen LogP contribution in [0, 0.1) is 0 Å². The number of hydrazine groups is 1. The Labute approximate surface area is 74.5 Å². The fourth-order valence-electron chi connectivity index (χ4n) is 1.14. The molecule has 0 radical (unpaired) electrons. The van der Waals surface area contributed by atoms with E-state index < -0.39 is 12.7 Å². The minimum absolute atomic E-state index is 0.390. The second-order valence-corrected chi connectivity index (χ2v) is 2.62. The molecule has 0 unspecified atom stereocenters. The van der Waals surface area contributed by atoms with Gasteiger partial charge in [-0.2, -0.15) is 8.78 Å². The lowest BCUT2D eigenvalue weighted by molar-refractivity contribution is -0.187. The number of nitrogens with one attached hydrogen (secondary N) is 1. The maximum absolute atomic E-state index is 11.7. The zero-order valence-electron chi connectivity index (χ0n) is 7.20. The number of nitrogens with two attached hydrogens (primary N) is 1. The van der Waals surface area contributed by atoms with Crippen molar-refractivity contribution in [1.82, 2.24) is 10.3 Å². The highest BCUT2D eigenvalue weighted by molar-refractivity contribution is 5.80. The highest BCUT2D eigenvalue weighted by Crippen LogP contribution is 2.14. The molecule has 1 aliphatic rings. The van der Waals surface area contributed by atoms with E-state index in [2.05, 4.69) is 15.2 Å². The first-order valence-electron chi connectivity index (χ1n) is 3.79. The average molecular weight is 194 g/mol. The van der Waals surface area contributed by atoms with E-state index in [1.807, 2.05) is 0 Å². The van der Waals surface area contributed by atoms with Gasteiger partial charge in [-0.3, -0.25) is 10.4 Å². The van der Waals surface area contributed by atoms with E-state index in [0.29, 0.717) is 19.0 Å². The summed E-state index contributed by atoms with van der Waals surface area (Å²) in [4.78, 5) is 5.52. The molecule has 0 atom stereocenters. The number of likely N-dealkylation sites (tertiary alicyclic amines) is 1. The Morgan fingerprint density at radius 1 is 1.69 bits per heavy atom. The van der Waals surface area contributed by atoms with Gasteiger partial charge in [0.25, 0.3) is 0 Å². The molecule has 0 saturated carbocycles. The summed E-state index contributed by atoms with van der Waals surface area (Å²) in [5.74, 6) is 5.61. The summed E-state index contributed by atoms with van der Waals surface area (Å²) >= 11 is 0. The van der Waals surface area contributed by atoms with Crippen LogP contribution in [0.15, 0.2) is 4.99 Å². The first-order chi connectivity index (χ1) is 6.17. The Hall–Kier alpha value is -0.950. The fourth-order valence-corrected chi connectivity index (χ4v) is 1.14. The Bertz CT molecular complexity index is 193. The van der Waals surface area contributed by atoms with Gasteiger partial charge >= 0.3 is 6.61 Å². The van der Waals surface area contributed by atoms with Crippen molar-refractivity contribution in [1.29, 1.82) is 0 Å². The van der Waals surface area contributed by atoms with Gasteiger partial charge in [0.1, 0.15) is 0 Å². The normalized spacial score (nSPS) is 19.2. The van der Waals surface area contributed by atoms with Gasteiger partial charge in [-0.1, -0.05) is 0 Å². The van der Waals surface area contributed by atoms with E-state index in [9.17, 15) is 8.78 Å². The smallest absolute Gasteiger partial charge is 0.337 e. The zero-order chi connectivity index (χ0) is 9.84. The van der Waals surface area contributed by atoms with Gasteiger partial charge in [-0.05, 0) is 0 Å². The average Bonchev–Trinajstić information content (AvgIpc) is 2.01. The van der Waals surface area contributed by atoms with Crippen molar-refractivity contribution < 1.29 is 13.5 Å². The molecule has 0 bridgehead atoms. The molecule has 7 heteroatoms. The molecule has 0 amide bonds. The van der Waals surface area contributed by atoms with Crippen molar-refractivity contribution in [3.63, 3.8) is 0 Å². The number of halogens is 2. The molecule has 5 nitrogen and oxygen atoms in total. The SMILES string of the molecule is CN=C(NN)N1CC(OC(F)F)C1. The summed E-state index contributed by atoms with van der Waals surface area (Å²) in [6, 6.07) is 0. The van der Waals surface area contributed by atoms with Crippen LogP contribution in [-0.2, 0) is 4.74 Å². The van der Waals surface area contributed by atoms with Gasteiger partial charge in [-0.25, -0.2) is 5.84 Å². The van der Waals surface area contributed by atoms with Gasteiger partial charge < -0.3 is 9.64 Å². The lowest BCUT2D eigenvalue weighted by Crippen LogP contribution is -2.59. The summed E-state index contributed by atoms with van der Waals surface area (Å²) in [7, 11) is 1.57. The van der Waals surface area contributed by atoms with Gasteiger partial charge in [0, 0.05) is 20.1 Å². The van der Waals surface area contributed by atoms with Crippen LogP contribution in [0.5, 0.6) is 0 Å². The summed E-state index contributed by atoms with van der Waals surface area (Å²) in [6.07, 6.45) is -0.426. The van der Waals surface area contributed by atoms with Crippen molar-refractivity contribution in [3.8, 4) is 0 Å². The van der Waals surface area contributed by atoms with Crippen LogP contribution >= 0.6 is 0 Å². The number of ether oxygens (including phenoxy) is 1. The molecule has 13 heavy (non-hydrogen) atoms. The number of hydrogen-bond donors (Lipinski definition) is 2. The minimum atomic E-state index is -2.71. The zero-order valence-corrected chi connectivity index (χ0v) is 7.20. The van der Waals surface area contributed by atoms with Crippen LogP contribution in [0.1, 0.15) is 0 Å². The van der Waals surface area contributed by atoms with E-state index in [1.54, 1.807) is 11.9 Å².